The van der Waals surface area contributed by atoms with Gasteiger partial charge in [0.2, 0.25) is 5.91 Å². The summed E-state index contributed by atoms with van der Waals surface area (Å²) in [7, 11) is 0. The molecular weight excluding hydrogens is 224 g/mol. The quantitative estimate of drug-likeness (QED) is 0.777. The third kappa shape index (κ3) is 4.23. The van der Waals surface area contributed by atoms with Crippen molar-refractivity contribution in [2.75, 3.05) is 6.54 Å². The van der Waals surface area contributed by atoms with Crippen molar-refractivity contribution >= 4 is 5.91 Å². The number of carbonyl (C=O) groups excluding carboxylic acids is 1. The van der Waals surface area contributed by atoms with E-state index in [-0.39, 0.29) is 11.3 Å². The molecule has 0 aromatic heterocycles. The molecule has 0 aliphatic carbocycles. The highest BCUT2D eigenvalue weighted by Crippen LogP contribution is 2.13. The number of nitrogens with two attached hydrogens (primary N) is 1. The first-order valence-electron chi connectivity index (χ1n) is 6.00. The summed E-state index contributed by atoms with van der Waals surface area (Å²) in [4.78, 5) is 11.8. The largest absolute Gasteiger partial charge is 0.352 e. The van der Waals surface area contributed by atoms with Crippen molar-refractivity contribution in [3.05, 3.63) is 35.4 Å². The van der Waals surface area contributed by atoms with E-state index in [0.29, 0.717) is 13.1 Å². The molecule has 0 spiro atoms. The SMILES string of the molecule is CC(C)(C)C(=O)NCc1ccccc1C#CCN. The Morgan fingerprint density at radius 3 is 2.61 bits per heavy atom. The minimum absolute atomic E-state index is 0.0316. The first-order chi connectivity index (χ1) is 8.45. The predicted octanol–water partition coefficient (Wildman–Crippen LogP) is 1.66. The Hall–Kier alpha value is -1.79. The van der Waals surface area contributed by atoms with Crippen LogP contribution in [0.25, 0.3) is 0 Å². The Balaban J connectivity index is 2.76. The van der Waals surface area contributed by atoms with Crippen molar-refractivity contribution in [2.24, 2.45) is 11.1 Å². The van der Waals surface area contributed by atoms with E-state index in [1.165, 1.54) is 0 Å². The number of rotatable bonds is 2. The van der Waals surface area contributed by atoms with Crippen molar-refractivity contribution in [3.8, 4) is 11.8 Å². The van der Waals surface area contributed by atoms with E-state index in [2.05, 4.69) is 17.2 Å². The van der Waals surface area contributed by atoms with Gasteiger partial charge in [-0.25, -0.2) is 0 Å². The van der Waals surface area contributed by atoms with Gasteiger partial charge in [0.25, 0.3) is 0 Å². The lowest BCUT2D eigenvalue weighted by molar-refractivity contribution is -0.128. The van der Waals surface area contributed by atoms with Crippen LogP contribution in [0.4, 0.5) is 0 Å². The Labute approximate surface area is 109 Å². The fraction of sp³-hybridized carbons (Fsp3) is 0.400. The molecule has 3 heteroatoms. The van der Waals surface area contributed by atoms with Gasteiger partial charge in [0.1, 0.15) is 0 Å². The molecule has 0 unspecified atom stereocenters. The van der Waals surface area contributed by atoms with Crippen LogP contribution < -0.4 is 11.1 Å². The van der Waals surface area contributed by atoms with Crippen LogP contribution >= 0.6 is 0 Å². The Morgan fingerprint density at radius 2 is 2.00 bits per heavy atom. The molecule has 1 aromatic rings. The van der Waals surface area contributed by atoms with Crippen LogP contribution in [-0.4, -0.2) is 12.5 Å². The Bertz CT molecular complexity index is 475. The van der Waals surface area contributed by atoms with E-state index < -0.39 is 0 Å². The van der Waals surface area contributed by atoms with Crippen molar-refractivity contribution in [1.82, 2.24) is 5.32 Å². The molecule has 3 nitrogen and oxygen atoms in total. The molecule has 1 aromatic carbocycles. The fourth-order valence-corrected chi connectivity index (χ4v) is 1.38. The number of benzene rings is 1. The van der Waals surface area contributed by atoms with Crippen molar-refractivity contribution in [2.45, 2.75) is 27.3 Å². The Kier molecular flexibility index (Phi) is 4.94. The van der Waals surface area contributed by atoms with Gasteiger partial charge in [-0.2, -0.15) is 0 Å². The van der Waals surface area contributed by atoms with E-state index in [4.69, 9.17) is 5.73 Å². The van der Waals surface area contributed by atoms with Crippen LogP contribution in [0, 0.1) is 17.3 Å². The monoisotopic (exact) mass is 244 g/mol. The second-order valence-corrected chi connectivity index (χ2v) is 5.10. The third-order valence-electron chi connectivity index (χ3n) is 2.46. The molecule has 0 atom stereocenters. The first-order valence-corrected chi connectivity index (χ1v) is 6.00. The minimum atomic E-state index is -0.377. The molecule has 96 valence electrons. The standard InChI is InChI=1S/C15H20N2O/c1-15(2,3)14(18)17-11-13-8-5-4-7-12(13)9-6-10-16/h4-5,7-8H,10-11,16H2,1-3H3,(H,17,18). The summed E-state index contributed by atoms with van der Waals surface area (Å²) in [6.07, 6.45) is 0. The molecule has 0 saturated heterocycles. The second kappa shape index (κ2) is 6.23. The molecule has 0 bridgehead atoms. The van der Waals surface area contributed by atoms with Gasteiger partial charge >= 0.3 is 0 Å². The molecule has 1 amide bonds. The number of carbonyl (C=O) groups is 1. The van der Waals surface area contributed by atoms with E-state index in [9.17, 15) is 4.79 Å². The van der Waals surface area contributed by atoms with Crippen LogP contribution in [0.3, 0.4) is 0 Å². The van der Waals surface area contributed by atoms with Gasteiger partial charge in [0.05, 0.1) is 6.54 Å². The van der Waals surface area contributed by atoms with Crippen molar-refractivity contribution in [1.29, 1.82) is 0 Å². The zero-order valence-electron chi connectivity index (χ0n) is 11.2. The maximum absolute atomic E-state index is 11.8. The van der Waals surface area contributed by atoms with Gasteiger partial charge in [0.15, 0.2) is 0 Å². The number of hydrogen-bond donors (Lipinski definition) is 2. The molecule has 3 N–H and O–H groups in total. The summed E-state index contributed by atoms with van der Waals surface area (Å²) in [5.74, 6) is 5.87. The molecule has 1 rings (SSSR count). The number of hydrogen-bond acceptors (Lipinski definition) is 2. The fourth-order valence-electron chi connectivity index (χ4n) is 1.38. The molecular formula is C15H20N2O. The third-order valence-corrected chi connectivity index (χ3v) is 2.46. The van der Waals surface area contributed by atoms with Crippen molar-refractivity contribution < 1.29 is 4.79 Å². The lowest BCUT2D eigenvalue weighted by Gasteiger charge is -2.18. The molecule has 18 heavy (non-hydrogen) atoms. The molecule has 0 aliphatic heterocycles. The van der Waals surface area contributed by atoms with Crippen LogP contribution in [0.5, 0.6) is 0 Å². The highest BCUT2D eigenvalue weighted by Gasteiger charge is 2.20. The van der Waals surface area contributed by atoms with Gasteiger partial charge in [0, 0.05) is 17.5 Å². The van der Waals surface area contributed by atoms with Gasteiger partial charge in [-0.1, -0.05) is 50.8 Å². The average Bonchev–Trinajstić information content (AvgIpc) is 2.33. The maximum Gasteiger partial charge on any atom is 0.225 e. The predicted molar refractivity (Wildman–Crippen MR) is 73.7 cm³/mol. The normalized spacial score (nSPS) is 10.4. The van der Waals surface area contributed by atoms with Crippen LogP contribution in [0.1, 0.15) is 31.9 Å². The van der Waals surface area contributed by atoms with Gasteiger partial charge in [-0.3, -0.25) is 4.79 Å². The summed E-state index contributed by atoms with van der Waals surface area (Å²) in [6, 6.07) is 7.76. The lowest BCUT2D eigenvalue weighted by Crippen LogP contribution is -2.34. The molecule has 0 saturated carbocycles. The summed E-state index contributed by atoms with van der Waals surface area (Å²) in [6.45, 7) is 6.50. The highest BCUT2D eigenvalue weighted by molar-refractivity contribution is 5.81. The maximum atomic E-state index is 11.8. The van der Waals surface area contributed by atoms with E-state index >= 15 is 0 Å². The van der Waals surface area contributed by atoms with E-state index in [0.717, 1.165) is 11.1 Å². The van der Waals surface area contributed by atoms with Crippen LogP contribution in [-0.2, 0) is 11.3 Å². The van der Waals surface area contributed by atoms with Gasteiger partial charge in [-0.05, 0) is 11.6 Å². The number of nitrogens with one attached hydrogen (secondary N) is 1. The van der Waals surface area contributed by atoms with Crippen molar-refractivity contribution in [3.63, 3.8) is 0 Å². The zero-order chi connectivity index (χ0) is 13.6. The molecule has 0 fully saturated rings. The highest BCUT2D eigenvalue weighted by atomic mass is 16.2. The topological polar surface area (TPSA) is 55.1 Å². The lowest BCUT2D eigenvalue weighted by atomic mass is 9.95. The van der Waals surface area contributed by atoms with Gasteiger partial charge < -0.3 is 11.1 Å². The average molecular weight is 244 g/mol. The van der Waals surface area contributed by atoms with E-state index in [1.54, 1.807) is 0 Å². The summed E-state index contributed by atoms with van der Waals surface area (Å²) in [5, 5.41) is 2.92. The second-order valence-electron chi connectivity index (χ2n) is 5.10. The molecule has 0 heterocycles. The summed E-state index contributed by atoms with van der Waals surface area (Å²) >= 11 is 0. The molecule has 0 radical (unpaired) electrons. The summed E-state index contributed by atoms with van der Waals surface area (Å²) < 4.78 is 0. The smallest absolute Gasteiger partial charge is 0.225 e. The van der Waals surface area contributed by atoms with Gasteiger partial charge in [-0.15, -0.1) is 0 Å². The number of amides is 1. The Morgan fingerprint density at radius 1 is 1.33 bits per heavy atom. The van der Waals surface area contributed by atoms with E-state index in [1.807, 2.05) is 45.0 Å². The first kappa shape index (κ1) is 14.3. The van der Waals surface area contributed by atoms with Crippen LogP contribution in [0.2, 0.25) is 0 Å². The summed E-state index contributed by atoms with van der Waals surface area (Å²) in [5.41, 5.74) is 6.91. The molecule has 0 aliphatic rings. The van der Waals surface area contributed by atoms with Crippen LogP contribution in [0.15, 0.2) is 24.3 Å². The zero-order valence-corrected chi connectivity index (χ0v) is 11.2. The minimum Gasteiger partial charge on any atom is -0.352 e.